The van der Waals surface area contributed by atoms with E-state index in [1.54, 1.807) is 6.92 Å². The lowest BCUT2D eigenvalue weighted by molar-refractivity contribution is -0.138. The van der Waals surface area contributed by atoms with Crippen molar-refractivity contribution < 1.29 is 14.3 Å². The van der Waals surface area contributed by atoms with Gasteiger partial charge in [-0.1, -0.05) is 32.6 Å². The molecule has 0 saturated carbocycles. The molecule has 1 aromatic rings. The topological polar surface area (TPSA) is 35.5 Å². The minimum atomic E-state index is -0.406. The van der Waals surface area contributed by atoms with Crippen LogP contribution in [-0.4, -0.2) is 19.2 Å². The van der Waals surface area contributed by atoms with Crippen molar-refractivity contribution in [2.75, 3.05) is 13.2 Å². The molecule has 0 atom stereocenters. The fourth-order valence-electron chi connectivity index (χ4n) is 1.41. The van der Waals surface area contributed by atoms with Crippen LogP contribution in [0.4, 0.5) is 0 Å². The monoisotopic (exact) mass is 248 g/mol. The summed E-state index contributed by atoms with van der Waals surface area (Å²) in [7, 11) is 0. The second-order valence-corrected chi connectivity index (χ2v) is 4.34. The zero-order chi connectivity index (χ0) is 13.5. The summed E-state index contributed by atoms with van der Waals surface area (Å²) in [6.45, 7) is 10.2. The number of rotatable bonds is 6. The highest BCUT2D eigenvalue weighted by Gasteiger charge is 2.08. The lowest BCUT2D eigenvalue weighted by atomic mass is 10.0. The van der Waals surface area contributed by atoms with Gasteiger partial charge in [0.25, 0.3) is 0 Å². The van der Waals surface area contributed by atoms with E-state index in [2.05, 4.69) is 20.4 Å². The van der Waals surface area contributed by atoms with E-state index in [4.69, 9.17) is 9.47 Å². The average molecular weight is 248 g/mol. The maximum absolute atomic E-state index is 11.3. The third-order valence-electron chi connectivity index (χ3n) is 2.52. The van der Waals surface area contributed by atoms with Crippen molar-refractivity contribution in [1.29, 1.82) is 0 Å². The van der Waals surface area contributed by atoms with E-state index in [-0.39, 0.29) is 6.61 Å². The summed E-state index contributed by atoms with van der Waals surface area (Å²) in [5, 5.41) is 0. The molecule has 1 rings (SSSR count). The summed E-state index contributed by atoms with van der Waals surface area (Å²) >= 11 is 0. The third-order valence-corrected chi connectivity index (χ3v) is 2.52. The molecule has 0 fully saturated rings. The van der Waals surface area contributed by atoms with E-state index < -0.39 is 5.97 Å². The van der Waals surface area contributed by atoms with E-state index >= 15 is 0 Å². The first-order valence-corrected chi connectivity index (χ1v) is 6.12. The van der Waals surface area contributed by atoms with Crippen LogP contribution < -0.4 is 4.74 Å². The molecule has 0 heterocycles. The Morgan fingerprint density at radius 3 is 2.39 bits per heavy atom. The summed E-state index contributed by atoms with van der Waals surface area (Å²) < 4.78 is 10.3. The molecular formula is C15H20O3. The van der Waals surface area contributed by atoms with Crippen LogP contribution >= 0.6 is 0 Å². The lowest BCUT2D eigenvalue weighted by Gasteiger charge is -2.10. The predicted octanol–water partition coefficient (Wildman–Crippen LogP) is 3.31. The van der Waals surface area contributed by atoms with E-state index in [1.807, 2.05) is 24.3 Å². The minimum Gasteiger partial charge on any atom is -0.489 e. The Hall–Kier alpha value is -1.77. The molecule has 0 aromatic heterocycles. The molecule has 3 heteroatoms. The first kappa shape index (κ1) is 14.3. The van der Waals surface area contributed by atoms with Crippen molar-refractivity contribution >= 4 is 5.97 Å². The van der Waals surface area contributed by atoms with Crippen molar-refractivity contribution in [3.05, 3.63) is 42.0 Å². The molecule has 1 aromatic carbocycles. The summed E-state index contributed by atoms with van der Waals surface area (Å²) in [5.41, 5.74) is 1.58. The molecule has 18 heavy (non-hydrogen) atoms. The number of benzene rings is 1. The molecule has 0 unspecified atom stereocenters. The van der Waals surface area contributed by atoms with Crippen molar-refractivity contribution in [3.63, 3.8) is 0 Å². The van der Waals surface area contributed by atoms with E-state index in [1.165, 1.54) is 5.56 Å². The molecule has 0 spiro atoms. The zero-order valence-electron chi connectivity index (χ0n) is 11.2. The molecule has 0 aliphatic carbocycles. The molecule has 0 aliphatic heterocycles. The maximum atomic E-state index is 11.3. The van der Waals surface area contributed by atoms with Crippen molar-refractivity contribution in [2.45, 2.75) is 26.7 Å². The first-order valence-electron chi connectivity index (χ1n) is 6.12. The normalized spacial score (nSPS) is 10.2. The number of hydrogen-bond donors (Lipinski definition) is 0. The standard InChI is InChI=1S/C15H20O3/c1-5-17-15(16)12(4)10-18-14-8-6-13(7-9-14)11(2)3/h6-9,11H,4-5,10H2,1-3H3. The predicted molar refractivity (Wildman–Crippen MR) is 71.8 cm³/mol. The second-order valence-electron chi connectivity index (χ2n) is 4.34. The van der Waals surface area contributed by atoms with Gasteiger partial charge in [0.05, 0.1) is 12.2 Å². The average Bonchev–Trinajstić information content (AvgIpc) is 2.36. The van der Waals surface area contributed by atoms with Gasteiger partial charge in [0.2, 0.25) is 0 Å². The number of ether oxygens (including phenoxy) is 2. The molecular weight excluding hydrogens is 228 g/mol. The lowest BCUT2D eigenvalue weighted by Crippen LogP contribution is -2.13. The van der Waals surface area contributed by atoms with Gasteiger partial charge >= 0.3 is 5.97 Å². The first-order chi connectivity index (χ1) is 8.54. The van der Waals surface area contributed by atoms with Crippen LogP contribution in [0.2, 0.25) is 0 Å². The van der Waals surface area contributed by atoms with Crippen LogP contribution in [0, 0.1) is 0 Å². The van der Waals surface area contributed by atoms with Crippen LogP contribution in [0.25, 0.3) is 0 Å². The SMILES string of the molecule is C=C(COc1ccc(C(C)C)cc1)C(=O)OCC. The highest BCUT2D eigenvalue weighted by molar-refractivity contribution is 5.88. The molecule has 0 aliphatic rings. The molecule has 0 amide bonds. The zero-order valence-corrected chi connectivity index (χ0v) is 11.2. The maximum Gasteiger partial charge on any atom is 0.336 e. The van der Waals surface area contributed by atoms with Crippen molar-refractivity contribution in [1.82, 2.24) is 0 Å². The Kier molecular flexibility index (Phi) is 5.43. The number of esters is 1. The third kappa shape index (κ3) is 4.24. The highest BCUT2D eigenvalue weighted by atomic mass is 16.5. The largest absolute Gasteiger partial charge is 0.489 e. The van der Waals surface area contributed by atoms with Crippen LogP contribution in [-0.2, 0) is 9.53 Å². The van der Waals surface area contributed by atoms with E-state index in [0.717, 1.165) is 5.75 Å². The Labute approximate surface area is 108 Å². The highest BCUT2D eigenvalue weighted by Crippen LogP contribution is 2.18. The molecule has 98 valence electrons. The molecule has 0 N–H and O–H groups in total. The van der Waals surface area contributed by atoms with Gasteiger partial charge in [0.1, 0.15) is 12.4 Å². The number of carbonyl (C=O) groups excluding carboxylic acids is 1. The van der Waals surface area contributed by atoms with Crippen LogP contribution in [0.5, 0.6) is 5.75 Å². The molecule has 3 nitrogen and oxygen atoms in total. The molecule has 0 bridgehead atoms. The Morgan fingerprint density at radius 1 is 1.28 bits per heavy atom. The fourth-order valence-corrected chi connectivity index (χ4v) is 1.41. The minimum absolute atomic E-state index is 0.153. The number of hydrogen-bond acceptors (Lipinski definition) is 3. The van der Waals surface area contributed by atoms with E-state index in [9.17, 15) is 4.79 Å². The fraction of sp³-hybridized carbons (Fsp3) is 0.400. The Balaban J connectivity index is 2.48. The van der Waals surface area contributed by atoms with Gasteiger partial charge in [-0.25, -0.2) is 4.79 Å². The van der Waals surface area contributed by atoms with Gasteiger partial charge in [-0.2, -0.15) is 0 Å². The summed E-state index contributed by atoms with van der Waals surface area (Å²) in [4.78, 5) is 11.3. The van der Waals surface area contributed by atoms with Crippen LogP contribution in [0.1, 0.15) is 32.3 Å². The van der Waals surface area contributed by atoms with Gasteiger partial charge in [-0.3, -0.25) is 0 Å². The Morgan fingerprint density at radius 2 is 1.89 bits per heavy atom. The van der Waals surface area contributed by atoms with Gasteiger partial charge in [0, 0.05) is 0 Å². The van der Waals surface area contributed by atoms with Gasteiger partial charge in [-0.15, -0.1) is 0 Å². The summed E-state index contributed by atoms with van der Waals surface area (Å²) in [5.74, 6) is 0.815. The summed E-state index contributed by atoms with van der Waals surface area (Å²) in [6, 6.07) is 7.84. The van der Waals surface area contributed by atoms with Gasteiger partial charge in [0.15, 0.2) is 0 Å². The molecule has 0 saturated heterocycles. The van der Waals surface area contributed by atoms with Gasteiger partial charge < -0.3 is 9.47 Å². The van der Waals surface area contributed by atoms with Crippen molar-refractivity contribution in [2.24, 2.45) is 0 Å². The summed E-state index contributed by atoms with van der Waals surface area (Å²) in [6.07, 6.45) is 0. The Bertz CT molecular complexity index is 404. The number of carbonyl (C=O) groups is 1. The van der Waals surface area contributed by atoms with Crippen LogP contribution in [0.15, 0.2) is 36.4 Å². The van der Waals surface area contributed by atoms with Gasteiger partial charge in [-0.05, 0) is 30.5 Å². The quantitative estimate of drug-likeness (QED) is 0.572. The smallest absolute Gasteiger partial charge is 0.336 e. The van der Waals surface area contributed by atoms with Crippen molar-refractivity contribution in [3.8, 4) is 5.75 Å². The van der Waals surface area contributed by atoms with Crippen LogP contribution in [0.3, 0.4) is 0 Å². The van der Waals surface area contributed by atoms with E-state index in [0.29, 0.717) is 18.1 Å². The second kappa shape index (κ2) is 6.84. The molecule has 0 radical (unpaired) electrons.